The van der Waals surface area contributed by atoms with Crippen LogP contribution >= 0.6 is 0 Å². The zero-order valence-corrected chi connectivity index (χ0v) is 10.6. The molecule has 0 aliphatic carbocycles. The number of ether oxygens (including phenoxy) is 1. The zero-order valence-electron chi connectivity index (χ0n) is 10.6. The summed E-state index contributed by atoms with van der Waals surface area (Å²) >= 11 is 0. The molecule has 2 N–H and O–H groups in total. The van der Waals surface area contributed by atoms with Crippen LogP contribution in [0.25, 0.3) is 0 Å². The molecule has 0 radical (unpaired) electrons. The van der Waals surface area contributed by atoms with Crippen molar-refractivity contribution in [3.05, 3.63) is 24.0 Å². The van der Waals surface area contributed by atoms with Crippen LogP contribution in [0, 0.1) is 5.92 Å². The Hall–Kier alpha value is -1.42. The highest BCUT2D eigenvalue weighted by molar-refractivity contribution is 5.96. The summed E-state index contributed by atoms with van der Waals surface area (Å²) in [4.78, 5) is 15.9. The van der Waals surface area contributed by atoms with Crippen LogP contribution < -0.4 is 10.5 Å². The molecule has 0 aromatic carbocycles. The third kappa shape index (κ3) is 4.53. The summed E-state index contributed by atoms with van der Waals surface area (Å²) in [7, 11) is 0. The number of carbonyl (C=O) groups is 1. The molecule has 0 saturated heterocycles. The lowest BCUT2D eigenvalue weighted by molar-refractivity contribution is 0.0964. The normalized spacial score (nSPS) is 12.5. The van der Waals surface area contributed by atoms with Gasteiger partial charge in [0, 0.05) is 18.2 Å². The number of pyridine rings is 1. The molecule has 1 heterocycles. The van der Waals surface area contributed by atoms with E-state index in [4.69, 9.17) is 10.5 Å². The van der Waals surface area contributed by atoms with E-state index in [-0.39, 0.29) is 17.8 Å². The fourth-order valence-corrected chi connectivity index (χ4v) is 1.43. The Bertz CT molecular complexity index is 377. The number of ketones is 1. The number of Topliss-reactive ketones (excluding diaryl/α,β-unsaturated/α-hetero) is 1. The summed E-state index contributed by atoms with van der Waals surface area (Å²) in [6.07, 6.45) is 3.70. The van der Waals surface area contributed by atoms with E-state index in [1.54, 1.807) is 18.5 Å². The van der Waals surface area contributed by atoms with Crippen molar-refractivity contribution < 1.29 is 9.53 Å². The van der Waals surface area contributed by atoms with Gasteiger partial charge in [-0.2, -0.15) is 0 Å². The Labute approximate surface area is 102 Å². The van der Waals surface area contributed by atoms with E-state index in [0.29, 0.717) is 24.3 Å². The molecule has 4 nitrogen and oxygen atoms in total. The molecule has 0 aliphatic heterocycles. The van der Waals surface area contributed by atoms with Gasteiger partial charge in [-0.15, -0.1) is 0 Å². The van der Waals surface area contributed by atoms with Crippen molar-refractivity contribution in [2.24, 2.45) is 11.7 Å². The summed E-state index contributed by atoms with van der Waals surface area (Å²) < 4.78 is 5.50. The van der Waals surface area contributed by atoms with Gasteiger partial charge in [0.25, 0.3) is 0 Å². The van der Waals surface area contributed by atoms with Crippen LogP contribution in [0.3, 0.4) is 0 Å². The number of rotatable bonds is 6. The number of nitrogens with zero attached hydrogens (tertiary/aromatic N) is 1. The lowest BCUT2D eigenvalue weighted by Crippen LogP contribution is -2.15. The van der Waals surface area contributed by atoms with E-state index in [9.17, 15) is 4.79 Å². The SMILES string of the molecule is CC(CN)CC(=O)c1cncc(OC(C)C)c1. The molecule has 0 bridgehead atoms. The van der Waals surface area contributed by atoms with Gasteiger partial charge >= 0.3 is 0 Å². The van der Waals surface area contributed by atoms with Crippen molar-refractivity contribution in [1.82, 2.24) is 4.98 Å². The van der Waals surface area contributed by atoms with Gasteiger partial charge in [0.05, 0.1) is 12.3 Å². The molecule has 1 unspecified atom stereocenters. The summed E-state index contributed by atoms with van der Waals surface area (Å²) in [5.41, 5.74) is 6.09. The standard InChI is InChI=1S/C13H20N2O2/c1-9(2)17-12-5-11(7-15-8-12)13(16)4-10(3)6-14/h5,7-10H,4,6,14H2,1-3H3. The quantitative estimate of drug-likeness (QED) is 0.767. The van der Waals surface area contributed by atoms with Crippen LogP contribution in [0.15, 0.2) is 18.5 Å². The van der Waals surface area contributed by atoms with Gasteiger partial charge in [-0.05, 0) is 32.4 Å². The number of carbonyl (C=O) groups excluding carboxylic acids is 1. The molecule has 0 spiro atoms. The first-order valence-electron chi connectivity index (χ1n) is 5.88. The van der Waals surface area contributed by atoms with Gasteiger partial charge in [0.15, 0.2) is 5.78 Å². The van der Waals surface area contributed by atoms with E-state index < -0.39 is 0 Å². The summed E-state index contributed by atoms with van der Waals surface area (Å²) in [5, 5.41) is 0. The molecule has 0 amide bonds. The van der Waals surface area contributed by atoms with Crippen LogP contribution in [0.1, 0.15) is 37.6 Å². The van der Waals surface area contributed by atoms with Crippen molar-refractivity contribution >= 4 is 5.78 Å². The Kier molecular flexibility index (Phi) is 5.10. The second kappa shape index (κ2) is 6.35. The largest absolute Gasteiger partial charge is 0.489 e. The Morgan fingerprint density at radius 3 is 2.71 bits per heavy atom. The third-order valence-electron chi connectivity index (χ3n) is 2.34. The fraction of sp³-hybridized carbons (Fsp3) is 0.538. The lowest BCUT2D eigenvalue weighted by atomic mass is 10.0. The van der Waals surface area contributed by atoms with E-state index in [2.05, 4.69) is 4.98 Å². The topological polar surface area (TPSA) is 65.2 Å². The predicted octanol–water partition coefficient (Wildman–Crippen LogP) is 2.04. The summed E-state index contributed by atoms with van der Waals surface area (Å²) in [6.45, 7) is 6.34. The summed E-state index contributed by atoms with van der Waals surface area (Å²) in [6, 6.07) is 1.73. The maximum absolute atomic E-state index is 11.9. The fourth-order valence-electron chi connectivity index (χ4n) is 1.43. The zero-order chi connectivity index (χ0) is 12.8. The minimum Gasteiger partial charge on any atom is -0.489 e. The molecule has 1 rings (SSSR count). The van der Waals surface area contributed by atoms with E-state index in [1.807, 2.05) is 20.8 Å². The third-order valence-corrected chi connectivity index (χ3v) is 2.34. The molecular weight excluding hydrogens is 216 g/mol. The van der Waals surface area contributed by atoms with Crippen LogP contribution in [0.5, 0.6) is 5.75 Å². The lowest BCUT2D eigenvalue weighted by Gasteiger charge is -2.11. The van der Waals surface area contributed by atoms with Gasteiger partial charge in [-0.3, -0.25) is 9.78 Å². The van der Waals surface area contributed by atoms with E-state index in [1.165, 1.54) is 0 Å². The average molecular weight is 236 g/mol. The Balaban J connectivity index is 2.73. The predicted molar refractivity (Wildman–Crippen MR) is 67.2 cm³/mol. The molecule has 94 valence electrons. The highest BCUT2D eigenvalue weighted by Crippen LogP contribution is 2.15. The minimum atomic E-state index is 0.0599. The number of aromatic nitrogens is 1. The smallest absolute Gasteiger partial charge is 0.164 e. The van der Waals surface area contributed by atoms with Crippen molar-refractivity contribution in [3.8, 4) is 5.75 Å². The maximum Gasteiger partial charge on any atom is 0.164 e. The van der Waals surface area contributed by atoms with E-state index >= 15 is 0 Å². The van der Waals surface area contributed by atoms with Crippen molar-refractivity contribution in [1.29, 1.82) is 0 Å². The van der Waals surface area contributed by atoms with Gasteiger partial charge in [-0.25, -0.2) is 0 Å². The van der Waals surface area contributed by atoms with E-state index in [0.717, 1.165) is 0 Å². The molecule has 4 heteroatoms. The van der Waals surface area contributed by atoms with Crippen LogP contribution in [-0.4, -0.2) is 23.4 Å². The minimum absolute atomic E-state index is 0.0599. The molecule has 1 aromatic rings. The summed E-state index contributed by atoms with van der Waals surface area (Å²) in [5.74, 6) is 0.882. The van der Waals surface area contributed by atoms with Gasteiger partial charge in [0.2, 0.25) is 0 Å². The molecule has 0 aliphatic rings. The number of nitrogens with two attached hydrogens (primary N) is 1. The van der Waals surface area contributed by atoms with Crippen molar-refractivity contribution in [3.63, 3.8) is 0 Å². The average Bonchev–Trinajstić information content (AvgIpc) is 2.28. The highest BCUT2D eigenvalue weighted by atomic mass is 16.5. The monoisotopic (exact) mass is 236 g/mol. The second-order valence-corrected chi connectivity index (χ2v) is 4.54. The maximum atomic E-state index is 11.9. The second-order valence-electron chi connectivity index (χ2n) is 4.54. The van der Waals surface area contributed by atoms with Gasteiger partial charge < -0.3 is 10.5 Å². The first-order chi connectivity index (χ1) is 8.02. The van der Waals surface area contributed by atoms with Crippen LogP contribution in [0.4, 0.5) is 0 Å². The first-order valence-corrected chi connectivity index (χ1v) is 5.88. The van der Waals surface area contributed by atoms with Gasteiger partial charge in [-0.1, -0.05) is 6.92 Å². The van der Waals surface area contributed by atoms with Gasteiger partial charge in [0.1, 0.15) is 5.75 Å². The highest BCUT2D eigenvalue weighted by Gasteiger charge is 2.11. The van der Waals surface area contributed by atoms with Crippen molar-refractivity contribution in [2.45, 2.75) is 33.3 Å². The van der Waals surface area contributed by atoms with Crippen molar-refractivity contribution in [2.75, 3.05) is 6.54 Å². The Morgan fingerprint density at radius 2 is 2.12 bits per heavy atom. The molecule has 0 saturated carbocycles. The molecule has 1 atom stereocenters. The molecular formula is C13H20N2O2. The van der Waals surface area contributed by atoms with Crippen LogP contribution in [-0.2, 0) is 0 Å². The number of hydrogen-bond donors (Lipinski definition) is 1. The number of hydrogen-bond acceptors (Lipinski definition) is 4. The molecule has 17 heavy (non-hydrogen) atoms. The molecule has 0 fully saturated rings. The van der Waals surface area contributed by atoms with Crippen LogP contribution in [0.2, 0.25) is 0 Å². The molecule has 1 aromatic heterocycles. The first kappa shape index (κ1) is 13.6. The Morgan fingerprint density at radius 1 is 1.41 bits per heavy atom.